The average molecular weight is 257 g/mol. The molecule has 18 heavy (non-hydrogen) atoms. The fourth-order valence-electron chi connectivity index (χ4n) is 2.32. The lowest BCUT2D eigenvalue weighted by molar-refractivity contribution is -0.144. The molecule has 0 bridgehead atoms. The van der Waals surface area contributed by atoms with E-state index in [9.17, 15) is 4.79 Å². The van der Waals surface area contributed by atoms with Crippen molar-refractivity contribution >= 4 is 5.97 Å². The highest BCUT2D eigenvalue weighted by molar-refractivity contribution is 5.78. The second kappa shape index (κ2) is 6.50. The number of rotatable bonds is 6. The first-order valence-electron chi connectivity index (χ1n) is 6.74. The van der Waals surface area contributed by atoms with E-state index < -0.39 is 11.5 Å². The van der Waals surface area contributed by atoms with Crippen LogP contribution >= 0.6 is 0 Å². The molecule has 0 spiro atoms. The number of carboxylic acids is 1. The van der Waals surface area contributed by atoms with E-state index in [2.05, 4.69) is 29.1 Å². The summed E-state index contributed by atoms with van der Waals surface area (Å²) in [6, 6.07) is 0.592. The van der Waals surface area contributed by atoms with Gasteiger partial charge in [-0.15, -0.1) is 0 Å². The van der Waals surface area contributed by atoms with Gasteiger partial charge in [-0.2, -0.15) is 0 Å². The molecule has 0 aromatic heterocycles. The molecule has 2 atom stereocenters. The predicted octanol–water partition coefficient (Wildman–Crippen LogP) is 0.465. The molecular formula is C13H27N3O2. The minimum atomic E-state index is -0.793. The molecule has 1 fully saturated rings. The number of aliphatic carboxylic acids is 1. The van der Waals surface area contributed by atoms with Gasteiger partial charge in [-0.25, -0.2) is 0 Å². The minimum Gasteiger partial charge on any atom is -0.480 e. The van der Waals surface area contributed by atoms with Crippen LogP contribution in [-0.4, -0.2) is 72.7 Å². The molecule has 5 nitrogen and oxygen atoms in total. The summed E-state index contributed by atoms with van der Waals surface area (Å²) >= 11 is 0. The third-order valence-electron chi connectivity index (χ3n) is 4.22. The van der Waals surface area contributed by atoms with Gasteiger partial charge < -0.3 is 20.2 Å². The summed E-state index contributed by atoms with van der Waals surface area (Å²) in [6.07, 6.45) is 1.58. The van der Waals surface area contributed by atoms with Crippen LogP contribution in [0.2, 0.25) is 0 Å². The summed E-state index contributed by atoms with van der Waals surface area (Å²) < 4.78 is 0. The van der Waals surface area contributed by atoms with Gasteiger partial charge in [-0.1, -0.05) is 0 Å². The zero-order valence-electron chi connectivity index (χ0n) is 12.1. The molecule has 1 aliphatic heterocycles. The number of nitrogens with zero attached hydrogens (tertiary/aromatic N) is 2. The number of carbonyl (C=O) groups is 1. The lowest BCUT2D eigenvalue weighted by atomic mass is 9.96. The van der Waals surface area contributed by atoms with Crippen molar-refractivity contribution in [3.8, 4) is 0 Å². The fraction of sp³-hybridized carbons (Fsp3) is 0.923. The van der Waals surface area contributed by atoms with Crippen molar-refractivity contribution in [2.24, 2.45) is 0 Å². The Morgan fingerprint density at radius 3 is 2.67 bits per heavy atom. The molecular weight excluding hydrogens is 230 g/mol. The van der Waals surface area contributed by atoms with Crippen LogP contribution in [0.3, 0.4) is 0 Å². The quantitative estimate of drug-likeness (QED) is 0.724. The third kappa shape index (κ3) is 3.93. The number of piperazine rings is 1. The van der Waals surface area contributed by atoms with E-state index >= 15 is 0 Å². The highest BCUT2D eigenvalue weighted by Crippen LogP contribution is 2.14. The normalized spacial score (nSPS) is 25.9. The van der Waals surface area contributed by atoms with Crippen molar-refractivity contribution in [3.05, 3.63) is 0 Å². The van der Waals surface area contributed by atoms with Gasteiger partial charge in [0.05, 0.1) is 0 Å². The first-order valence-corrected chi connectivity index (χ1v) is 6.74. The Balaban J connectivity index is 2.31. The van der Waals surface area contributed by atoms with Crippen molar-refractivity contribution in [2.75, 3.05) is 40.3 Å². The van der Waals surface area contributed by atoms with Crippen molar-refractivity contribution in [2.45, 2.75) is 38.3 Å². The summed E-state index contributed by atoms with van der Waals surface area (Å²) in [5, 5.41) is 12.1. The Kier molecular flexibility index (Phi) is 5.56. The summed E-state index contributed by atoms with van der Waals surface area (Å²) in [5.74, 6) is -0.767. The molecule has 106 valence electrons. The van der Waals surface area contributed by atoms with E-state index in [0.29, 0.717) is 12.5 Å². The number of nitrogens with one attached hydrogen (secondary N) is 1. The molecule has 2 N–H and O–H groups in total. The molecule has 0 aromatic carbocycles. The molecule has 2 unspecified atom stereocenters. The zero-order chi connectivity index (χ0) is 13.8. The second-order valence-corrected chi connectivity index (χ2v) is 5.62. The van der Waals surface area contributed by atoms with Gasteiger partial charge in [0.25, 0.3) is 0 Å². The molecule has 1 rings (SSSR count). The van der Waals surface area contributed by atoms with Gasteiger partial charge in [0, 0.05) is 25.7 Å². The molecule has 1 heterocycles. The van der Waals surface area contributed by atoms with Crippen LogP contribution in [0.1, 0.15) is 26.7 Å². The van der Waals surface area contributed by atoms with Crippen molar-refractivity contribution in [3.63, 3.8) is 0 Å². The summed E-state index contributed by atoms with van der Waals surface area (Å²) in [4.78, 5) is 15.9. The second-order valence-electron chi connectivity index (χ2n) is 5.62. The summed E-state index contributed by atoms with van der Waals surface area (Å²) in [7, 11) is 3.87. The van der Waals surface area contributed by atoms with E-state index in [0.717, 1.165) is 32.6 Å². The van der Waals surface area contributed by atoms with Gasteiger partial charge in [0.2, 0.25) is 0 Å². The van der Waals surface area contributed by atoms with Crippen molar-refractivity contribution in [1.29, 1.82) is 0 Å². The van der Waals surface area contributed by atoms with Gasteiger partial charge in [0.15, 0.2) is 0 Å². The van der Waals surface area contributed by atoms with E-state index in [4.69, 9.17) is 5.11 Å². The van der Waals surface area contributed by atoms with Gasteiger partial charge >= 0.3 is 5.97 Å². The number of hydrogen-bond donors (Lipinski definition) is 2. The number of carboxylic acid groups (broad SMARTS) is 1. The van der Waals surface area contributed by atoms with E-state index in [1.165, 1.54) is 0 Å². The molecule has 1 saturated heterocycles. The maximum Gasteiger partial charge on any atom is 0.323 e. The summed E-state index contributed by atoms with van der Waals surface area (Å²) in [6.45, 7) is 8.25. The van der Waals surface area contributed by atoms with Crippen molar-refractivity contribution < 1.29 is 9.90 Å². The van der Waals surface area contributed by atoms with Gasteiger partial charge in [-0.3, -0.25) is 4.79 Å². The maximum absolute atomic E-state index is 11.1. The molecule has 0 amide bonds. The molecule has 1 aliphatic rings. The van der Waals surface area contributed by atoms with Crippen LogP contribution in [0.15, 0.2) is 0 Å². The first-order chi connectivity index (χ1) is 8.39. The minimum absolute atomic E-state index is 0.592. The Bertz CT molecular complexity index is 285. The first kappa shape index (κ1) is 15.4. The third-order valence-corrected chi connectivity index (χ3v) is 4.22. The summed E-state index contributed by atoms with van der Waals surface area (Å²) in [5.41, 5.74) is -0.793. The number of likely N-dealkylation sites (N-methyl/N-ethyl adjacent to an activating group) is 2. The number of hydrogen-bond acceptors (Lipinski definition) is 4. The van der Waals surface area contributed by atoms with E-state index in [-0.39, 0.29) is 0 Å². The zero-order valence-corrected chi connectivity index (χ0v) is 12.1. The van der Waals surface area contributed by atoms with Crippen LogP contribution in [-0.2, 0) is 4.79 Å². The largest absolute Gasteiger partial charge is 0.480 e. The topological polar surface area (TPSA) is 55.8 Å². The molecule has 0 aromatic rings. The van der Waals surface area contributed by atoms with Crippen LogP contribution in [0.5, 0.6) is 0 Å². The fourth-order valence-corrected chi connectivity index (χ4v) is 2.32. The Morgan fingerprint density at radius 1 is 1.50 bits per heavy atom. The molecule has 0 radical (unpaired) electrons. The predicted molar refractivity (Wildman–Crippen MR) is 72.9 cm³/mol. The maximum atomic E-state index is 11.1. The van der Waals surface area contributed by atoms with Gasteiger partial charge in [-0.05, 0) is 47.3 Å². The lowest BCUT2D eigenvalue weighted by Crippen LogP contribution is -2.51. The van der Waals surface area contributed by atoms with E-state index in [1.807, 2.05) is 0 Å². The Labute approximate surface area is 110 Å². The molecule has 0 aliphatic carbocycles. The Hall–Kier alpha value is -0.650. The smallest absolute Gasteiger partial charge is 0.323 e. The van der Waals surface area contributed by atoms with Crippen molar-refractivity contribution in [1.82, 2.24) is 15.1 Å². The van der Waals surface area contributed by atoms with E-state index in [1.54, 1.807) is 14.0 Å². The van der Waals surface area contributed by atoms with Gasteiger partial charge in [0.1, 0.15) is 5.54 Å². The van der Waals surface area contributed by atoms with Crippen LogP contribution in [0, 0.1) is 0 Å². The molecule has 0 saturated carbocycles. The van der Waals surface area contributed by atoms with Crippen LogP contribution in [0.4, 0.5) is 0 Å². The standard InChI is InChI=1S/C13H27N3O2/c1-11-10-16(9-8-15(11)4)7-5-6-13(2,14-3)12(17)18/h11,14H,5-10H2,1-4H3,(H,17,18). The monoisotopic (exact) mass is 257 g/mol. The highest BCUT2D eigenvalue weighted by atomic mass is 16.4. The highest BCUT2D eigenvalue weighted by Gasteiger charge is 2.30. The Morgan fingerprint density at radius 2 is 2.17 bits per heavy atom. The average Bonchev–Trinajstić information content (AvgIpc) is 2.33. The van der Waals surface area contributed by atoms with Crippen LogP contribution < -0.4 is 5.32 Å². The SMILES string of the molecule is CNC(C)(CCCN1CCN(C)C(C)C1)C(=O)O. The molecule has 5 heteroatoms. The van der Waals surface area contributed by atoms with Crippen LogP contribution in [0.25, 0.3) is 0 Å². The lowest BCUT2D eigenvalue weighted by Gasteiger charge is -2.38.